The number of amides is 1. The van der Waals surface area contributed by atoms with Gasteiger partial charge in [0.15, 0.2) is 0 Å². The summed E-state index contributed by atoms with van der Waals surface area (Å²) in [6, 6.07) is 1.94. The quantitative estimate of drug-likeness (QED) is 0.311. The van der Waals surface area contributed by atoms with Crippen LogP contribution in [-0.2, 0) is 0 Å². The molecule has 2 N–H and O–H groups in total. The zero-order valence-corrected chi connectivity index (χ0v) is 26.9. The summed E-state index contributed by atoms with van der Waals surface area (Å²) in [6.45, 7) is 19.1. The van der Waals surface area contributed by atoms with Crippen LogP contribution in [-0.4, -0.2) is 86.6 Å². The number of hydrogen-bond donors (Lipinski definition) is 2. The molecule has 1 amide bonds. The Kier molecular flexibility index (Phi) is 16.1. The number of allylic oxidation sites excluding steroid dienone is 5. The molecule has 224 valence electrons. The minimum atomic E-state index is -0.0280. The van der Waals surface area contributed by atoms with E-state index in [9.17, 15) is 4.79 Å². The van der Waals surface area contributed by atoms with Crippen molar-refractivity contribution < 1.29 is 4.79 Å². The molecule has 3 heterocycles. The van der Waals surface area contributed by atoms with Gasteiger partial charge in [0.1, 0.15) is 6.17 Å². The summed E-state index contributed by atoms with van der Waals surface area (Å²) >= 11 is 0. The minimum Gasteiger partial charge on any atom is -0.345 e. The Hall–Kier alpha value is -3.62. The fraction of sp³-hybridized carbons (Fsp3) is 0.455. The predicted molar refractivity (Wildman–Crippen MR) is 177 cm³/mol. The number of nitrogens with zero attached hydrogens (tertiary/aromatic N) is 5. The lowest BCUT2D eigenvalue weighted by Crippen LogP contribution is -2.38. The number of likely N-dealkylation sites (N-methyl/N-ethyl adjacent to an activating group) is 1. The van der Waals surface area contributed by atoms with Gasteiger partial charge in [0.25, 0.3) is 5.91 Å². The number of carbonyl (C=O) groups excluding carboxylic acids is 1. The highest BCUT2D eigenvalue weighted by atomic mass is 16.2. The van der Waals surface area contributed by atoms with Crippen molar-refractivity contribution in [3.05, 3.63) is 82.8 Å². The van der Waals surface area contributed by atoms with E-state index in [2.05, 4.69) is 56.4 Å². The molecule has 1 aromatic rings. The Morgan fingerprint density at radius 2 is 2.00 bits per heavy atom. The smallest absolute Gasteiger partial charge is 0.254 e. The molecule has 8 nitrogen and oxygen atoms in total. The molecular weight excluding hydrogens is 510 g/mol. The number of pyridine rings is 1. The molecule has 2 aliphatic rings. The highest BCUT2D eigenvalue weighted by molar-refractivity contribution is 6.13. The first kappa shape index (κ1) is 35.4. The molecule has 1 aromatic heterocycles. The first-order valence-corrected chi connectivity index (χ1v) is 14.5. The second kappa shape index (κ2) is 18.7. The van der Waals surface area contributed by atoms with Crippen molar-refractivity contribution >= 4 is 23.4 Å². The molecule has 1 unspecified atom stereocenters. The van der Waals surface area contributed by atoms with Crippen molar-refractivity contribution in [2.75, 3.05) is 47.8 Å². The van der Waals surface area contributed by atoms with Gasteiger partial charge in [-0.25, -0.2) is 0 Å². The molecule has 0 spiro atoms. The Labute approximate surface area is 248 Å². The first-order chi connectivity index (χ1) is 19.7. The van der Waals surface area contributed by atoms with Crippen molar-refractivity contribution in [1.82, 2.24) is 25.5 Å². The average molecular weight is 562 g/mol. The molecule has 41 heavy (non-hydrogen) atoms. The Bertz CT molecular complexity index is 1200. The highest BCUT2D eigenvalue weighted by Gasteiger charge is 2.18. The fourth-order valence-electron chi connectivity index (χ4n) is 4.35. The lowest BCUT2D eigenvalue weighted by Gasteiger charge is -2.27. The van der Waals surface area contributed by atoms with Gasteiger partial charge < -0.3 is 4.90 Å². The van der Waals surface area contributed by atoms with Crippen molar-refractivity contribution in [3.8, 4) is 0 Å². The minimum absolute atomic E-state index is 0.0184. The first-order valence-electron chi connectivity index (χ1n) is 14.5. The monoisotopic (exact) mass is 561 g/mol. The predicted octanol–water partition coefficient (Wildman–Crippen LogP) is 5.42. The zero-order chi connectivity index (χ0) is 30.9. The van der Waals surface area contributed by atoms with E-state index in [0.717, 1.165) is 54.2 Å². The van der Waals surface area contributed by atoms with Crippen LogP contribution in [0.25, 0.3) is 5.57 Å². The summed E-state index contributed by atoms with van der Waals surface area (Å²) in [5, 5.41) is 7.63. The van der Waals surface area contributed by atoms with Crippen molar-refractivity contribution in [1.29, 1.82) is 0 Å². The van der Waals surface area contributed by atoms with E-state index in [0.29, 0.717) is 5.56 Å². The summed E-state index contributed by atoms with van der Waals surface area (Å²) in [7, 11) is 7.14. The van der Waals surface area contributed by atoms with E-state index in [1.807, 2.05) is 66.0 Å². The molecule has 0 aromatic carbocycles. The van der Waals surface area contributed by atoms with E-state index >= 15 is 0 Å². The normalized spacial score (nSPS) is 17.4. The van der Waals surface area contributed by atoms with Gasteiger partial charge in [0.2, 0.25) is 0 Å². The largest absolute Gasteiger partial charge is 0.345 e. The van der Waals surface area contributed by atoms with Crippen molar-refractivity contribution in [2.24, 2.45) is 10.1 Å². The maximum Gasteiger partial charge on any atom is 0.254 e. The zero-order valence-electron chi connectivity index (χ0n) is 26.9. The van der Waals surface area contributed by atoms with Crippen LogP contribution < -0.4 is 10.7 Å². The molecule has 0 bridgehead atoms. The van der Waals surface area contributed by atoms with Crippen LogP contribution in [0.5, 0.6) is 0 Å². The van der Waals surface area contributed by atoms with Gasteiger partial charge in [0, 0.05) is 58.8 Å². The van der Waals surface area contributed by atoms with E-state index in [-0.39, 0.29) is 12.1 Å². The molecule has 0 radical (unpaired) electrons. The molecule has 0 saturated carbocycles. The number of hydrazone groups is 1. The highest BCUT2D eigenvalue weighted by Crippen LogP contribution is 2.25. The van der Waals surface area contributed by atoms with Crippen LogP contribution >= 0.6 is 0 Å². The molecular formula is C33H51N7O. The number of nitrogens with one attached hydrogen (secondary N) is 2. The third kappa shape index (κ3) is 10.7. The van der Waals surface area contributed by atoms with Gasteiger partial charge in [-0.15, -0.1) is 0 Å². The topological polar surface area (TPSA) is 85.2 Å². The Morgan fingerprint density at radius 3 is 2.51 bits per heavy atom. The Balaban J connectivity index is 0.00000201. The average Bonchev–Trinajstić information content (AvgIpc) is 2.99. The summed E-state index contributed by atoms with van der Waals surface area (Å²) in [5.41, 5.74) is 10.8. The maximum absolute atomic E-state index is 12.2. The number of carbonyl (C=O) groups is 1. The summed E-state index contributed by atoms with van der Waals surface area (Å²) < 4.78 is 0. The van der Waals surface area contributed by atoms with Crippen LogP contribution in [0.3, 0.4) is 0 Å². The number of hydrogen-bond acceptors (Lipinski definition) is 7. The summed E-state index contributed by atoms with van der Waals surface area (Å²) in [5.74, 6) is -0.0280. The number of aliphatic imine (C=N–C) groups is 1. The van der Waals surface area contributed by atoms with E-state index in [1.165, 1.54) is 11.1 Å². The van der Waals surface area contributed by atoms with Gasteiger partial charge in [-0.2, -0.15) is 5.10 Å². The third-order valence-corrected chi connectivity index (χ3v) is 6.32. The molecule has 0 aliphatic carbocycles. The molecule has 3 rings (SSSR count). The summed E-state index contributed by atoms with van der Waals surface area (Å²) in [6.07, 6.45) is 14.7. The van der Waals surface area contributed by atoms with Crippen LogP contribution in [0, 0.1) is 6.92 Å². The molecule has 8 heteroatoms. The lowest BCUT2D eigenvalue weighted by molar-refractivity contribution is 0.0827. The van der Waals surface area contributed by atoms with Gasteiger partial charge in [-0.3, -0.25) is 30.4 Å². The van der Waals surface area contributed by atoms with Gasteiger partial charge >= 0.3 is 0 Å². The van der Waals surface area contributed by atoms with Crippen molar-refractivity contribution in [2.45, 2.75) is 54.1 Å². The number of rotatable bonds is 9. The standard InChI is InChI=1S/C29H39N7O.2C2H6/c1-20(16-21(2)25(10-13-30-4)26-8-9-27(31-5)34-33-26)19-36-14-11-23(12-15-36)28-22(3)17-24(18-32-28)29(37)35(6)7;2*1-2/h8-11,13,16-18,27,31,34H,2,12,14-15,19H2,1,3-7H3;2*1-2H3/b20-16+,25-10+,30-13?;;. The van der Waals surface area contributed by atoms with E-state index in [1.54, 1.807) is 38.5 Å². The molecule has 0 fully saturated rings. The number of aryl methyl sites for hydroxylation is 1. The third-order valence-electron chi connectivity index (χ3n) is 6.32. The summed E-state index contributed by atoms with van der Waals surface area (Å²) in [4.78, 5) is 25.0. The van der Waals surface area contributed by atoms with Crippen LogP contribution in [0.4, 0.5) is 0 Å². The second-order valence-electron chi connectivity index (χ2n) is 9.56. The second-order valence-corrected chi connectivity index (χ2v) is 9.56. The molecule has 1 atom stereocenters. The van der Waals surface area contributed by atoms with Gasteiger partial charge in [-0.1, -0.05) is 52.0 Å². The molecule has 2 aliphatic heterocycles. The van der Waals surface area contributed by atoms with Gasteiger partial charge in [-0.05, 0) is 68.3 Å². The van der Waals surface area contributed by atoms with Crippen LogP contribution in [0.1, 0.15) is 62.7 Å². The maximum atomic E-state index is 12.2. The fourth-order valence-corrected chi connectivity index (χ4v) is 4.35. The van der Waals surface area contributed by atoms with Crippen LogP contribution in [0.15, 0.2) is 76.0 Å². The van der Waals surface area contributed by atoms with Gasteiger partial charge in [0.05, 0.1) is 17.0 Å². The van der Waals surface area contributed by atoms with Crippen molar-refractivity contribution in [3.63, 3.8) is 0 Å². The number of aromatic nitrogens is 1. The SMILES string of the molecule is C=C(/C=C(\C)CN1CC=C(c2ncc(C(=O)N(C)C)cc2C)CC1)/C(=C\C=NC)C1=NNC(NC)C=C1.CC.CC. The molecule has 0 saturated heterocycles. The Morgan fingerprint density at radius 1 is 1.29 bits per heavy atom. The van der Waals surface area contributed by atoms with Crippen LogP contribution in [0.2, 0.25) is 0 Å². The van der Waals surface area contributed by atoms with E-state index < -0.39 is 0 Å². The van der Waals surface area contributed by atoms with E-state index in [4.69, 9.17) is 0 Å². The lowest BCUT2D eigenvalue weighted by atomic mass is 9.98.